The molecule has 104 valence electrons. The van der Waals surface area contributed by atoms with Gasteiger partial charge in [0.15, 0.2) is 0 Å². The molecule has 0 saturated heterocycles. The minimum Gasteiger partial charge on any atom is -0.478 e. The van der Waals surface area contributed by atoms with Crippen molar-refractivity contribution in [2.45, 2.75) is 6.92 Å². The van der Waals surface area contributed by atoms with Crippen molar-refractivity contribution in [3.05, 3.63) is 51.0 Å². The van der Waals surface area contributed by atoms with E-state index in [1.807, 2.05) is 13.0 Å². The Labute approximate surface area is 133 Å². The molecule has 1 aromatic heterocycles. The van der Waals surface area contributed by atoms with Crippen molar-refractivity contribution in [1.82, 2.24) is 4.98 Å². The van der Waals surface area contributed by atoms with Gasteiger partial charge in [-0.3, -0.25) is 4.79 Å². The van der Waals surface area contributed by atoms with Crippen LogP contribution in [0.4, 0.5) is 5.69 Å². The summed E-state index contributed by atoms with van der Waals surface area (Å²) in [5.74, 6) is 0.341. The van der Waals surface area contributed by atoms with E-state index in [2.05, 4.69) is 42.2 Å². The van der Waals surface area contributed by atoms with E-state index >= 15 is 0 Å². The lowest BCUT2D eigenvalue weighted by Gasteiger charge is -2.07. The molecule has 1 aromatic carbocycles. The Morgan fingerprint density at radius 2 is 1.95 bits per heavy atom. The fraction of sp³-hybridized carbons (Fsp3) is 0.143. The summed E-state index contributed by atoms with van der Waals surface area (Å²) >= 11 is 6.71. The highest BCUT2D eigenvalue weighted by molar-refractivity contribution is 9.11. The first kappa shape index (κ1) is 15.0. The molecule has 0 atom stereocenters. The van der Waals surface area contributed by atoms with Gasteiger partial charge in [0.1, 0.15) is 0 Å². The number of rotatable bonds is 4. The van der Waals surface area contributed by atoms with Crippen LogP contribution in [0.25, 0.3) is 0 Å². The topological polar surface area (TPSA) is 51.2 Å². The van der Waals surface area contributed by atoms with Gasteiger partial charge >= 0.3 is 0 Å². The number of carbonyl (C=O) groups excluding carboxylic acids is 1. The third-order valence-corrected chi connectivity index (χ3v) is 3.33. The summed E-state index contributed by atoms with van der Waals surface area (Å²) in [4.78, 5) is 16.2. The Kier molecular flexibility index (Phi) is 5.14. The second-order valence-electron chi connectivity index (χ2n) is 3.93. The minimum atomic E-state index is -0.196. The van der Waals surface area contributed by atoms with Gasteiger partial charge < -0.3 is 10.1 Å². The molecule has 0 bridgehead atoms. The zero-order chi connectivity index (χ0) is 14.5. The van der Waals surface area contributed by atoms with Crippen molar-refractivity contribution in [3.63, 3.8) is 0 Å². The summed E-state index contributed by atoms with van der Waals surface area (Å²) in [7, 11) is 0. The molecule has 0 saturated carbocycles. The second-order valence-corrected chi connectivity index (χ2v) is 5.76. The average Bonchev–Trinajstić information content (AvgIpc) is 2.40. The third kappa shape index (κ3) is 4.05. The Morgan fingerprint density at radius 3 is 2.50 bits per heavy atom. The molecule has 1 heterocycles. The fourth-order valence-corrected chi connectivity index (χ4v) is 2.87. The quantitative estimate of drug-likeness (QED) is 0.835. The van der Waals surface area contributed by atoms with Gasteiger partial charge in [0.25, 0.3) is 5.91 Å². The van der Waals surface area contributed by atoms with Gasteiger partial charge in [-0.25, -0.2) is 4.98 Å². The van der Waals surface area contributed by atoms with Gasteiger partial charge in [-0.05, 0) is 31.2 Å². The van der Waals surface area contributed by atoms with Crippen LogP contribution in [-0.2, 0) is 0 Å². The molecule has 2 rings (SSSR count). The zero-order valence-corrected chi connectivity index (χ0v) is 13.9. The Balaban J connectivity index is 2.10. The summed E-state index contributed by atoms with van der Waals surface area (Å²) < 4.78 is 6.92. The van der Waals surface area contributed by atoms with E-state index in [4.69, 9.17) is 4.74 Å². The van der Waals surface area contributed by atoms with Crippen molar-refractivity contribution < 1.29 is 9.53 Å². The number of carbonyl (C=O) groups is 1. The van der Waals surface area contributed by atoms with Gasteiger partial charge in [-0.2, -0.15) is 0 Å². The van der Waals surface area contributed by atoms with Crippen molar-refractivity contribution in [2.24, 2.45) is 0 Å². The maximum absolute atomic E-state index is 12.1. The molecule has 0 aliphatic heterocycles. The standard InChI is InChI=1S/C14H12Br2N2O2/c1-2-20-13-4-3-12(8-17-13)18-14(19)9-5-10(15)7-11(16)6-9/h3-8H,2H2,1H3,(H,18,19). The highest BCUT2D eigenvalue weighted by Gasteiger charge is 2.08. The highest BCUT2D eigenvalue weighted by atomic mass is 79.9. The van der Waals surface area contributed by atoms with Crippen LogP contribution in [0.15, 0.2) is 45.5 Å². The molecule has 0 fully saturated rings. The van der Waals surface area contributed by atoms with Crippen LogP contribution in [0.2, 0.25) is 0 Å². The van der Waals surface area contributed by atoms with Crippen LogP contribution in [-0.4, -0.2) is 17.5 Å². The number of anilines is 1. The number of hydrogen-bond acceptors (Lipinski definition) is 3. The van der Waals surface area contributed by atoms with E-state index in [-0.39, 0.29) is 5.91 Å². The number of aromatic nitrogens is 1. The molecule has 0 aliphatic rings. The molecule has 20 heavy (non-hydrogen) atoms. The van der Waals surface area contributed by atoms with Gasteiger partial charge in [-0.1, -0.05) is 31.9 Å². The Morgan fingerprint density at radius 1 is 1.25 bits per heavy atom. The lowest BCUT2D eigenvalue weighted by atomic mass is 10.2. The van der Waals surface area contributed by atoms with Crippen LogP contribution in [0.5, 0.6) is 5.88 Å². The molecule has 6 heteroatoms. The van der Waals surface area contributed by atoms with E-state index in [9.17, 15) is 4.79 Å². The molecule has 0 radical (unpaired) electrons. The second kappa shape index (κ2) is 6.85. The van der Waals surface area contributed by atoms with E-state index in [1.165, 1.54) is 0 Å². The molecule has 0 spiro atoms. The number of amides is 1. The molecular weight excluding hydrogens is 388 g/mol. The Hall–Kier alpha value is -1.40. The minimum absolute atomic E-state index is 0.196. The molecular formula is C14H12Br2N2O2. The molecule has 0 aliphatic carbocycles. The SMILES string of the molecule is CCOc1ccc(NC(=O)c2cc(Br)cc(Br)c2)cn1. The number of benzene rings is 1. The van der Waals surface area contributed by atoms with Gasteiger partial charge in [0.05, 0.1) is 18.5 Å². The van der Waals surface area contributed by atoms with Crippen LogP contribution in [0, 0.1) is 0 Å². The molecule has 4 nitrogen and oxygen atoms in total. The van der Waals surface area contributed by atoms with Gasteiger partial charge in [-0.15, -0.1) is 0 Å². The number of nitrogens with one attached hydrogen (secondary N) is 1. The van der Waals surface area contributed by atoms with Gasteiger partial charge in [0, 0.05) is 20.6 Å². The van der Waals surface area contributed by atoms with Crippen molar-refractivity contribution in [3.8, 4) is 5.88 Å². The monoisotopic (exact) mass is 398 g/mol. The largest absolute Gasteiger partial charge is 0.478 e. The molecule has 0 unspecified atom stereocenters. The number of halogens is 2. The Bertz CT molecular complexity index is 595. The first-order chi connectivity index (χ1) is 9.58. The van der Waals surface area contributed by atoms with Crippen LogP contribution >= 0.6 is 31.9 Å². The molecule has 1 N–H and O–H groups in total. The molecule has 2 aromatic rings. The lowest BCUT2D eigenvalue weighted by Crippen LogP contribution is -2.12. The number of nitrogens with zero attached hydrogens (tertiary/aromatic N) is 1. The predicted molar refractivity (Wildman–Crippen MR) is 85.2 cm³/mol. The van der Waals surface area contributed by atoms with Gasteiger partial charge in [0.2, 0.25) is 5.88 Å². The smallest absolute Gasteiger partial charge is 0.255 e. The van der Waals surface area contributed by atoms with E-state index in [0.717, 1.165) is 8.95 Å². The van der Waals surface area contributed by atoms with Crippen LogP contribution < -0.4 is 10.1 Å². The van der Waals surface area contributed by atoms with E-state index in [0.29, 0.717) is 23.7 Å². The maximum Gasteiger partial charge on any atom is 0.255 e. The third-order valence-electron chi connectivity index (χ3n) is 2.41. The number of ether oxygens (including phenoxy) is 1. The van der Waals surface area contributed by atoms with E-state index in [1.54, 1.807) is 30.5 Å². The van der Waals surface area contributed by atoms with Crippen molar-refractivity contribution >= 4 is 43.5 Å². The first-order valence-corrected chi connectivity index (χ1v) is 7.53. The summed E-state index contributed by atoms with van der Waals surface area (Å²) in [6, 6.07) is 8.85. The molecule has 1 amide bonds. The van der Waals surface area contributed by atoms with E-state index < -0.39 is 0 Å². The number of hydrogen-bond donors (Lipinski definition) is 1. The van der Waals surface area contributed by atoms with Crippen LogP contribution in [0.3, 0.4) is 0 Å². The summed E-state index contributed by atoms with van der Waals surface area (Å²) in [6.45, 7) is 2.45. The summed E-state index contributed by atoms with van der Waals surface area (Å²) in [5.41, 5.74) is 1.18. The highest BCUT2D eigenvalue weighted by Crippen LogP contribution is 2.21. The summed E-state index contributed by atoms with van der Waals surface area (Å²) in [6.07, 6.45) is 1.57. The normalized spacial score (nSPS) is 10.2. The van der Waals surface area contributed by atoms with Crippen molar-refractivity contribution in [1.29, 1.82) is 0 Å². The predicted octanol–water partition coefficient (Wildman–Crippen LogP) is 4.26. The zero-order valence-electron chi connectivity index (χ0n) is 10.7. The average molecular weight is 400 g/mol. The number of pyridine rings is 1. The fourth-order valence-electron chi connectivity index (χ4n) is 1.58. The maximum atomic E-state index is 12.1. The summed E-state index contributed by atoms with van der Waals surface area (Å²) in [5, 5.41) is 2.78. The van der Waals surface area contributed by atoms with Crippen molar-refractivity contribution in [2.75, 3.05) is 11.9 Å². The first-order valence-electron chi connectivity index (χ1n) is 5.95. The lowest BCUT2D eigenvalue weighted by molar-refractivity contribution is 0.102. The van der Waals surface area contributed by atoms with Crippen LogP contribution in [0.1, 0.15) is 17.3 Å².